The Labute approximate surface area is 90.2 Å². The number of amides is 1. The summed E-state index contributed by atoms with van der Waals surface area (Å²) >= 11 is 0. The van der Waals surface area contributed by atoms with Crippen LogP contribution in [-0.4, -0.2) is 29.0 Å². The molecule has 3 atom stereocenters. The van der Waals surface area contributed by atoms with Crippen molar-refractivity contribution in [3.63, 3.8) is 0 Å². The molecule has 0 bridgehead atoms. The molecule has 0 saturated carbocycles. The number of likely N-dealkylation sites (tertiary alicyclic amines) is 1. The molecule has 1 amide bonds. The van der Waals surface area contributed by atoms with Crippen LogP contribution in [-0.2, 0) is 9.63 Å². The smallest absolute Gasteiger partial charge is 0.223 e. The van der Waals surface area contributed by atoms with Gasteiger partial charge in [0, 0.05) is 12.5 Å². The zero-order chi connectivity index (χ0) is 11.0. The maximum Gasteiger partial charge on any atom is 0.223 e. The van der Waals surface area contributed by atoms with Crippen LogP contribution in [0.25, 0.3) is 0 Å². The summed E-state index contributed by atoms with van der Waals surface area (Å²) in [5.41, 5.74) is 3.90. The van der Waals surface area contributed by atoms with Gasteiger partial charge in [0.25, 0.3) is 0 Å². The second-order valence-electron chi connectivity index (χ2n) is 4.30. The number of hydroxylamine groups is 1. The van der Waals surface area contributed by atoms with Gasteiger partial charge in [-0.1, -0.05) is 6.08 Å². The monoisotopic (exact) mass is 210 g/mol. The van der Waals surface area contributed by atoms with Gasteiger partial charge in [-0.25, -0.2) is 0 Å². The van der Waals surface area contributed by atoms with E-state index in [-0.39, 0.29) is 18.1 Å². The minimum absolute atomic E-state index is 0.0284. The predicted molar refractivity (Wildman–Crippen MR) is 56.8 cm³/mol. The third-order valence-electron chi connectivity index (χ3n) is 3.28. The zero-order valence-corrected chi connectivity index (χ0v) is 9.49. The first kappa shape index (κ1) is 10.5. The molecule has 15 heavy (non-hydrogen) atoms. The summed E-state index contributed by atoms with van der Waals surface area (Å²) < 4.78 is 0. The number of hydrogen-bond acceptors (Lipinski definition) is 3. The van der Waals surface area contributed by atoms with Crippen molar-refractivity contribution in [2.75, 3.05) is 0 Å². The van der Waals surface area contributed by atoms with Gasteiger partial charge < -0.3 is 4.90 Å². The third-order valence-corrected chi connectivity index (χ3v) is 3.28. The summed E-state index contributed by atoms with van der Waals surface area (Å²) in [6.45, 7) is 6.05. The number of allylic oxidation sites excluding steroid dienone is 1. The summed E-state index contributed by atoms with van der Waals surface area (Å²) in [5, 5.41) is 0. The van der Waals surface area contributed by atoms with E-state index >= 15 is 0 Å². The lowest BCUT2D eigenvalue weighted by atomic mass is 10.1. The highest BCUT2D eigenvalue weighted by molar-refractivity contribution is 5.79. The lowest BCUT2D eigenvalue weighted by Crippen LogP contribution is -2.45. The van der Waals surface area contributed by atoms with Gasteiger partial charge in [-0.05, 0) is 27.2 Å². The summed E-state index contributed by atoms with van der Waals surface area (Å²) in [6, 6.07) is 0.392. The standard InChI is InChI=1S/C11H18N2O2/c1-4-9-11(8(3)15-12-9)13-7(2)5-6-10(13)14/h4,7-8,11-12H,5-6H2,1-3H3/t7?,8-,11+/m1/s1. The van der Waals surface area contributed by atoms with Crippen molar-refractivity contribution < 1.29 is 9.63 Å². The normalized spacial score (nSPS) is 38.9. The maximum atomic E-state index is 11.8. The van der Waals surface area contributed by atoms with Crippen LogP contribution in [0.1, 0.15) is 33.6 Å². The van der Waals surface area contributed by atoms with E-state index in [1.54, 1.807) is 0 Å². The molecule has 0 spiro atoms. The number of nitrogens with one attached hydrogen (secondary N) is 1. The molecule has 0 aliphatic carbocycles. The Morgan fingerprint density at radius 2 is 2.27 bits per heavy atom. The van der Waals surface area contributed by atoms with Crippen molar-refractivity contribution in [3.05, 3.63) is 11.8 Å². The molecule has 2 aliphatic rings. The van der Waals surface area contributed by atoms with Gasteiger partial charge in [-0.15, -0.1) is 0 Å². The largest absolute Gasteiger partial charge is 0.329 e. The van der Waals surface area contributed by atoms with Crippen molar-refractivity contribution in [1.82, 2.24) is 10.4 Å². The number of carbonyl (C=O) groups excluding carboxylic acids is 1. The summed E-state index contributed by atoms with van der Waals surface area (Å²) in [7, 11) is 0. The predicted octanol–water partition coefficient (Wildman–Crippen LogP) is 1.19. The van der Waals surface area contributed by atoms with Crippen molar-refractivity contribution in [2.45, 2.75) is 51.8 Å². The quantitative estimate of drug-likeness (QED) is 0.707. The van der Waals surface area contributed by atoms with Gasteiger partial charge in [-0.3, -0.25) is 15.1 Å². The van der Waals surface area contributed by atoms with E-state index in [0.29, 0.717) is 12.5 Å². The number of nitrogens with zero attached hydrogens (tertiary/aromatic N) is 1. The molecule has 2 heterocycles. The summed E-state index contributed by atoms with van der Waals surface area (Å²) in [4.78, 5) is 19.1. The molecule has 2 aliphatic heterocycles. The highest BCUT2D eigenvalue weighted by atomic mass is 16.7. The van der Waals surface area contributed by atoms with Gasteiger partial charge in [0.2, 0.25) is 5.91 Å². The van der Waals surface area contributed by atoms with Gasteiger partial charge >= 0.3 is 0 Å². The molecule has 2 rings (SSSR count). The van der Waals surface area contributed by atoms with Crippen molar-refractivity contribution in [1.29, 1.82) is 0 Å². The minimum Gasteiger partial charge on any atom is -0.329 e. The lowest BCUT2D eigenvalue weighted by molar-refractivity contribution is -0.131. The third kappa shape index (κ3) is 1.63. The average Bonchev–Trinajstić information content (AvgIpc) is 2.71. The van der Waals surface area contributed by atoms with Crippen LogP contribution < -0.4 is 5.48 Å². The molecule has 0 aromatic rings. The molecule has 4 heteroatoms. The Morgan fingerprint density at radius 1 is 1.53 bits per heavy atom. The first-order valence-electron chi connectivity index (χ1n) is 5.54. The van der Waals surface area contributed by atoms with E-state index in [9.17, 15) is 4.79 Å². The molecule has 4 nitrogen and oxygen atoms in total. The molecule has 0 radical (unpaired) electrons. The highest BCUT2D eigenvalue weighted by Crippen LogP contribution is 2.29. The average molecular weight is 210 g/mol. The van der Waals surface area contributed by atoms with E-state index < -0.39 is 0 Å². The highest BCUT2D eigenvalue weighted by Gasteiger charge is 2.41. The molecular formula is C11H18N2O2. The van der Waals surface area contributed by atoms with Gasteiger partial charge in [0.1, 0.15) is 12.1 Å². The second-order valence-corrected chi connectivity index (χ2v) is 4.30. The molecular weight excluding hydrogens is 192 g/mol. The Bertz CT molecular complexity index is 301. The molecule has 84 valence electrons. The van der Waals surface area contributed by atoms with Crippen LogP contribution in [0, 0.1) is 0 Å². The van der Waals surface area contributed by atoms with E-state index in [0.717, 1.165) is 12.1 Å². The van der Waals surface area contributed by atoms with E-state index in [2.05, 4.69) is 12.4 Å². The Hall–Kier alpha value is -1.03. The van der Waals surface area contributed by atoms with E-state index in [1.165, 1.54) is 0 Å². The minimum atomic E-state index is 0.0284. The SMILES string of the molecule is CC=C1NO[C@H](C)[C@@H]1N1C(=O)CCC1C. The number of hydrogen-bond donors (Lipinski definition) is 1. The van der Waals surface area contributed by atoms with Crippen molar-refractivity contribution in [2.24, 2.45) is 0 Å². The fourth-order valence-corrected chi connectivity index (χ4v) is 2.42. The molecule has 0 aromatic carbocycles. The Kier molecular flexibility index (Phi) is 2.69. The fraction of sp³-hybridized carbons (Fsp3) is 0.727. The number of carbonyl (C=O) groups is 1. The van der Waals surface area contributed by atoms with Crippen LogP contribution in [0.15, 0.2) is 11.8 Å². The summed E-state index contributed by atoms with van der Waals surface area (Å²) in [6.07, 6.45) is 3.63. The first-order valence-corrected chi connectivity index (χ1v) is 5.54. The second kappa shape index (κ2) is 3.85. The fourth-order valence-electron chi connectivity index (χ4n) is 2.42. The first-order chi connectivity index (χ1) is 7.15. The molecule has 2 fully saturated rings. The van der Waals surface area contributed by atoms with Crippen molar-refractivity contribution in [3.8, 4) is 0 Å². The zero-order valence-electron chi connectivity index (χ0n) is 9.49. The van der Waals surface area contributed by atoms with Crippen LogP contribution in [0.5, 0.6) is 0 Å². The Balaban J connectivity index is 2.24. The summed E-state index contributed by atoms with van der Waals surface area (Å²) in [5.74, 6) is 0.242. The van der Waals surface area contributed by atoms with Crippen LogP contribution in [0.3, 0.4) is 0 Å². The number of rotatable bonds is 1. The van der Waals surface area contributed by atoms with Crippen molar-refractivity contribution >= 4 is 5.91 Å². The van der Waals surface area contributed by atoms with Crippen LogP contribution in [0.4, 0.5) is 0 Å². The van der Waals surface area contributed by atoms with Gasteiger partial charge in [0.05, 0.1) is 5.70 Å². The maximum absolute atomic E-state index is 11.8. The Morgan fingerprint density at radius 3 is 2.80 bits per heavy atom. The topological polar surface area (TPSA) is 41.6 Å². The van der Waals surface area contributed by atoms with Crippen LogP contribution >= 0.6 is 0 Å². The van der Waals surface area contributed by atoms with Gasteiger partial charge in [-0.2, -0.15) is 0 Å². The molecule has 1 unspecified atom stereocenters. The van der Waals surface area contributed by atoms with E-state index in [1.807, 2.05) is 24.8 Å². The van der Waals surface area contributed by atoms with Gasteiger partial charge in [0.15, 0.2) is 0 Å². The van der Waals surface area contributed by atoms with E-state index in [4.69, 9.17) is 4.84 Å². The lowest BCUT2D eigenvalue weighted by Gasteiger charge is -2.30. The van der Waals surface area contributed by atoms with Crippen LogP contribution in [0.2, 0.25) is 0 Å². The molecule has 2 saturated heterocycles. The molecule has 1 N–H and O–H groups in total. The molecule has 0 aromatic heterocycles.